The van der Waals surface area contributed by atoms with Crippen LogP contribution in [0.15, 0.2) is 0 Å². The summed E-state index contributed by atoms with van der Waals surface area (Å²) in [5, 5.41) is 0. The third kappa shape index (κ3) is 4.27. The number of nitrogens with zero attached hydrogens (tertiary/aromatic N) is 1. The van der Waals surface area contributed by atoms with Gasteiger partial charge < -0.3 is 15.4 Å². The van der Waals surface area contributed by atoms with Crippen molar-refractivity contribution in [1.29, 1.82) is 0 Å². The van der Waals surface area contributed by atoms with E-state index in [0.717, 1.165) is 31.1 Å². The molecule has 6 heteroatoms. The van der Waals surface area contributed by atoms with Crippen LogP contribution < -0.4 is 5.73 Å². The number of nitrogens with two attached hydrogens (primary N) is 1. The molecule has 0 aliphatic carbocycles. The largest absolute Gasteiger partial charge is 0.468 e. The van der Waals surface area contributed by atoms with Crippen LogP contribution in [0.25, 0.3) is 0 Å². The van der Waals surface area contributed by atoms with Gasteiger partial charge in [0.1, 0.15) is 6.04 Å². The van der Waals surface area contributed by atoms with Gasteiger partial charge in [-0.05, 0) is 6.42 Å². The van der Waals surface area contributed by atoms with Gasteiger partial charge in [0.25, 0.3) is 0 Å². The van der Waals surface area contributed by atoms with Crippen molar-refractivity contribution in [2.75, 3.05) is 38.2 Å². The van der Waals surface area contributed by atoms with Crippen molar-refractivity contribution >= 4 is 16.8 Å². The van der Waals surface area contributed by atoms with Crippen LogP contribution in [0.4, 0.5) is 0 Å². The molecule has 0 aromatic heterocycles. The van der Waals surface area contributed by atoms with E-state index in [1.54, 1.807) is 0 Å². The van der Waals surface area contributed by atoms with Crippen molar-refractivity contribution in [2.45, 2.75) is 12.5 Å². The molecule has 88 valence electrons. The molecule has 1 unspecified atom stereocenters. The van der Waals surface area contributed by atoms with Crippen molar-refractivity contribution in [3.8, 4) is 0 Å². The fourth-order valence-electron chi connectivity index (χ4n) is 1.49. The Morgan fingerprint density at radius 3 is 2.67 bits per heavy atom. The fourth-order valence-corrected chi connectivity index (χ4v) is 2.62. The Kier molecular flexibility index (Phi) is 5.21. The predicted molar refractivity (Wildman–Crippen MR) is 58.9 cm³/mol. The van der Waals surface area contributed by atoms with Gasteiger partial charge in [-0.1, -0.05) is 0 Å². The Labute approximate surface area is 92.4 Å². The minimum absolute atomic E-state index is 0.365. The highest BCUT2D eigenvalue weighted by Gasteiger charge is 2.18. The van der Waals surface area contributed by atoms with Gasteiger partial charge in [-0.25, -0.2) is 0 Å². The molecule has 0 amide bonds. The van der Waals surface area contributed by atoms with E-state index in [1.807, 2.05) is 0 Å². The van der Waals surface area contributed by atoms with E-state index >= 15 is 0 Å². The normalized spacial score (nSPS) is 21.2. The SMILES string of the molecule is COC(=O)C(N)CCN1CCS(=O)CC1. The predicted octanol–water partition coefficient (Wildman–Crippen LogP) is -1.06. The highest BCUT2D eigenvalue weighted by atomic mass is 32.2. The van der Waals surface area contributed by atoms with Crippen LogP contribution in [0.2, 0.25) is 0 Å². The maximum absolute atomic E-state index is 11.1. The zero-order valence-electron chi connectivity index (χ0n) is 8.98. The molecule has 0 aromatic rings. The fraction of sp³-hybridized carbons (Fsp3) is 0.889. The number of rotatable bonds is 4. The monoisotopic (exact) mass is 234 g/mol. The molecule has 5 nitrogen and oxygen atoms in total. The van der Waals surface area contributed by atoms with Crippen molar-refractivity contribution < 1.29 is 13.7 Å². The molecule has 1 aliphatic rings. The summed E-state index contributed by atoms with van der Waals surface area (Å²) >= 11 is 0. The summed E-state index contributed by atoms with van der Waals surface area (Å²) in [5.41, 5.74) is 5.61. The second kappa shape index (κ2) is 6.19. The molecule has 0 aromatic carbocycles. The van der Waals surface area contributed by atoms with Gasteiger partial charge in [-0.3, -0.25) is 9.00 Å². The summed E-state index contributed by atoms with van der Waals surface area (Å²) in [6, 6.07) is -0.539. The first kappa shape index (κ1) is 12.6. The molecule has 0 bridgehead atoms. The molecule has 1 aliphatic heterocycles. The van der Waals surface area contributed by atoms with Crippen molar-refractivity contribution in [3.05, 3.63) is 0 Å². The van der Waals surface area contributed by atoms with Gasteiger partial charge in [0.05, 0.1) is 7.11 Å². The topological polar surface area (TPSA) is 72.6 Å². The molecule has 1 rings (SSSR count). The van der Waals surface area contributed by atoms with Crippen molar-refractivity contribution in [2.24, 2.45) is 5.73 Å². The number of esters is 1. The van der Waals surface area contributed by atoms with E-state index in [-0.39, 0.29) is 5.97 Å². The number of hydrogen-bond donors (Lipinski definition) is 1. The van der Waals surface area contributed by atoms with Crippen molar-refractivity contribution in [3.63, 3.8) is 0 Å². The summed E-state index contributed by atoms with van der Waals surface area (Å²) in [4.78, 5) is 13.2. The highest BCUT2D eigenvalue weighted by Crippen LogP contribution is 2.02. The van der Waals surface area contributed by atoms with E-state index in [2.05, 4.69) is 9.64 Å². The third-order valence-corrected chi connectivity index (χ3v) is 3.81. The van der Waals surface area contributed by atoms with Crippen LogP contribution in [0, 0.1) is 0 Å². The van der Waals surface area contributed by atoms with Crippen LogP contribution >= 0.6 is 0 Å². The smallest absolute Gasteiger partial charge is 0.322 e. The Morgan fingerprint density at radius 1 is 1.53 bits per heavy atom. The summed E-state index contributed by atoms with van der Waals surface area (Å²) in [6.45, 7) is 2.44. The molecule has 15 heavy (non-hydrogen) atoms. The Hall–Kier alpha value is -0.460. The Morgan fingerprint density at radius 2 is 2.13 bits per heavy atom. The van der Waals surface area contributed by atoms with Crippen LogP contribution in [0.5, 0.6) is 0 Å². The Bertz CT molecular complexity index is 238. The minimum Gasteiger partial charge on any atom is -0.468 e. The lowest BCUT2D eigenvalue weighted by molar-refractivity contribution is -0.142. The summed E-state index contributed by atoms with van der Waals surface area (Å²) in [6.07, 6.45) is 0.597. The van der Waals surface area contributed by atoms with Gasteiger partial charge in [-0.2, -0.15) is 0 Å². The second-order valence-electron chi connectivity index (χ2n) is 3.61. The van der Waals surface area contributed by atoms with Crippen LogP contribution in [0.3, 0.4) is 0 Å². The van der Waals surface area contributed by atoms with Crippen molar-refractivity contribution in [1.82, 2.24) is 4.90 Å². The second-order valence-corrected chi connectivity index (χ2v) is 5.30. The van der Waals surface area contributed by atoms with E-state index in [4.69, 9.17) is 5.73 Å². The number of methoxy groups -OCH3 is 1. The zero-order chi connectivity index (χ0) is 11.3. The van der Waals surface area contributed by atoms with Gasteiger partial charge in [0.15, 0.2) is 0 Å². The van der Waals surface area contributed by atoms with E-state index in [1.165, 1.54) is 7.11 Å². The van der Waals surface area contributed by atoms with E-state index in [0.29, 0.717) is 6.42 Å². The Balaban J connectivity index is 2.19. The molecule has 1 atom stereocenters. The highest BCUT2D eigenvalue weighted by molar-refractivity contribution is 7.85. The first-order valence-corrected chi connectivity index (χ1v) is 6.53. The molecule has 2 N–H and O–H groups in total. The lowest BCUT2D eigenvalue weighted by atomic mass is 10.2. The summed E-state index contributed by atoms with van der Waals surface area (Å²) in [7, 11) is 0.689. The lowest BCUT2D eigenvalue weighted by Gasteiger charge is -2.26. The van der Waals surface area contributed by atoms with Gasteiger partial charge >= 0.3 is 5.97 Å². The average Bonchev–Trinajstić information content (AvgIpc) is 2.26. The quantitative estimate of drug-likeness (QED) is 0.628. The molecule has 0 radical (unpaired) electrons. The van der Waals surface area contributed by atoms with Crippen LogP contribution in [0.1, 0.15) is 6.42 Å². The lowest BCUT2D eigenvalue weighted by Crippen LogP contribution is -2.41. The summed E-state index contributed by atoms with van der Waals surface area (Å²) in [5.74, 6) is 1.09. The van der Waals surface area contributed by atoms with E-state index < -0.39 is 16.8 Å². The third-order valence-electron chi connectivity index (χ3n) is 2.53. The van der Waals surface area contributed by atoms with Crippen LogP contribution in [-0.2, 0) is 20.3 Å². The molecule has 1 heterocycles. The molecule has 1 saturated heterocycles. The zero-order valence-corrected chi connectivity index (χ0v) is 9.79. The van der Waals surface area contributed by atoms with Gasteiger partial charge in [-0.15, -0.1) is 0 Å². The van der Waals surface area contributed by atoms with E-state index in [9.17, 15) is 9.00 Å². The number of carbonyl (C=O) groups excluding carboxylic acids is 1. The molecular weight excluding hydrogens is 216 g/mol. The standard InChI is InChI=1S/C9H18N2O3S/c1-14-9(12)8(10)2-3-11-4-6-15(13)7-5-11/h8H,2-7,10H2,1H3. The number of carbonyl (C=O) groups is 1. The van der Waals surface area contributed by atoms with Gasteiger partial charge in [0.2, 0.25) is 0 Å². The minimum atomic E-state index is -0.650. The average molecular weight is 234 g/mol. The maximum atomic E-state index is 11.1. The molecular formula is C9H18N2O3S. The summed E-state index contributed by atoms with van der Waals surface area (Å²) < 4.78 is 15.6. The maximum Gasteiger partial charge on any atom is 0.322 e. The van der Waals surface area contributed by atoms with Crippen LogP contribution in [-0.4, -0.2) is 59.4 Å². The first-order valence-electron chi connectivity index (χ1n) is 5.04. The molecule has 0 saturated carbocycles. The van der Waals surface area contributed by atoms with Gasteiger partial charge in [0, 0.05) is 41.9 Å². The molecule has 0 spiro atoms. The number of hydrogen-bond acceptors (Lipinski definition) is 5. The molecule has 1 fully saturated rings. The first-order chi connectivity index (χ1) is 7.13. The number of ether oxygens (including phenoxy) is 1.